The quantitative estimate of drug-likeness (QED) is 0.248. The number of sulfone groups is 1. The highest BCUT2D eigenvalue weighted by molar-refractivity contribution is 7.90. The van der Waals surface area contributed by atoms with E-state index in [2.05, 4.69) is 29.8 Å². The summed E-state index contributed by atoms with van der Waals surface area (Å²) in [6.07, 6.45) is 16.8. The number of benzene rings is 1. The highest BCUT2D eigenvalue weighted by Crippen LogP contribution is 2.41. The molecule has 0 saturated carbocycles. The molecule has 4 rings (SSSR count). The summed E-state index contributed by atoms with van der Waals surface area (Å²) in [5.41, 5.74) is 8.57. The van der Waals surface area contributed by atoms with Crippen LogP contribution in [0.2, 0.25) is 0 Å². The molecule has 0 bridgehead atoms. The summed E-state index contributed by atoms with van der Waals surface area (Å²) in [6, 6.07) is 7.16. The Hall–Kier alpha value is -1.58. The Morgan fingerprint density at radius 3 is 2.41 bits per heavy atom. The van der Waals surface area contributed by atoms with Crippen LogP contribution in [0.3, 0.4) is 0 Å². The van der Waals surface area contributed by atoms with Gasteiger partial charge in [0.1, 0.15) is 0 Å². The molecular formula is C29H43Cl2N3O3S2. The number of hydrogen-bond acceptors (Lipinski definition) is 6. The number of thiazole rings is 1. The van der Waals surface area contributed by atoms with Crippen LogP contribution < -0.4 is 15.6 Å². The van der Waals surface area contributed by atoms with E-state index in [-0.39, 0.29) is 29.7 Å². The molecule has 0 fully saturated rings. The van der Waals surface area contributed by atoms with Gasteiger partial charge in [0.25, 0.3) is 0 Å². The Balaban J connectivity index is 0.00000267. The lowest BCUT2D eigenvalue weighted by atomic mass is 9.78. The third-order valence-electron chi connectivity index (χ3n) is 7.43. The van der Waals surface area contributed by atoms with Gasteiger partial charge < -0.3 is 10.7 Å². The van der Waals surface area contributed by atoms with Crippen LogP contribution in [0.25, 0.3) is 5.57 Å². The van der Waals surface area contributed by atoms with Gasteiger partial charge in [-0.05, 0) is 81.6 Å². The first-order chi connectivity index (χ1) is 17.9. The first kappa shape index (κ1) is 33.6. The van der Waals surface area contributed by atoms with E-state index in [1.54, 1.807) is 17.7 Å². The van der Waals surface area contributed by atoms with Gasteiger partial charge in [0.2, 0.25) is 0 Å². The fourth-order valence-electron chi connectivity index (χ4n) is 5.46. The number of aromatic nitrogens is 1. The zero-order chi connectivity index (χ0) is 26.3. The van der Waals surface area contributed by atoms with Gasteiger partial charge in [-0.2, -0.15) is 0 Å². The second kappa shape index (κ2) is 16.0. The molecule has 0 radical (unpaired) electrons. The molecule has 2 N–H and O–H groups in total. The van der Waals surface area contributed by atoms with Crippen LogP contribution in [0.15, 0.2) is 51.7 Å². The first-order valence-corrected chi connectivity index (χ1v) is 16.5. The number of aryl methyl sites for hydroxylation is 1. The standard InChI is InChI=1S/C29H41N3O3S2.2ClH/c1-3-9-23-10-8-11-26-25(23)16-17-27-28(26)32(29(33)36-27)31-20-7-5-4-6-19-30-21-18-22-12-14-24(15-13-22)37(2,34)35;;/h8,11-15,23,30-31H,3-7,9-10,16-21H2,1-2H3;2*1H/t23-;;/m0../s1. The van der Waals surface area contributed by atoms with Crippen molar-refractivity contribution in [3.05, 3.63) is 67.8 Å². The molecule has 0 unspecified atom stereocenters. The molecule has 1 aromatic heterocycles. The number of halogens is 2. The SMILES string of the molecule is CCC[C@H]1CC=CC2=C1CCc1sc(=O)n(NCCCCCCNCCc3ccc(S(C)(=O)=O)cc3)c12.Cl.Cl. The number of allylic oxidation sites excluding steroid dienone is 4. The Bertz CT molecular complexity index is 1280. The molecule has 39 heavy (non-hydrogen) atoms. The van der Waals surface area contributed by atoms with Crippen LogP contribution in [0.1, 0.15) is 74.4 Å². The van der Waals surface area contributed by atoms with Crippen LogP contribution >= 0.6 is 36.2 Å². The molecular weight excluding hydrogens is 573 g/mol. The van der Waals surface area contributed by atoms with E-state index in [0.717, 1.165) is 82.3 Å². The van der Waals surface area contributed by atoms with Crippen molar-refractivity contribution < 1.29 is 8.42 Å². The van der Waals surface area contributed by atoms with Gasteiger partial charge in [-0.15, -0.1) is 24.8 Å². The van der Waals surface area contributed by atoms with Crippen molar-refractivity contribution in [1.82, 2.24) is 9.99 Å². The first-order valence-electron chi connectivity index (χ1n) is 13.8. The summed E-state index contributed by atoms with van der Waals surface area (Å²) in [4.78, 5) is 14.5. The van der Waals surface area contributed by atoms with Crippen LogP contribution in [0, 0.1) is 5.92 Å². The Kier molecular flexibility index (Phi) is 13.8. The summed E-state index contributed by atoms with van der Waals surface area (Å²) < 4.78 is 24.9. The normalized spacial score (nSPS) is 16.2. The van der Waals surface area contributed by atoms with E-state index >= 15 is 0 Å². The largest absolute Gasteiger partial charge is 0.326 e. The van der Waals surface area contributed by atoms with Crippen LogP contribution in [0.5, 0.6) is 0 Å². The van der Waals surface area contributed by atoms with Crippen molar-refractivity contribution in [2.75, 3.05) is 31.3 Å². The van der Waals surface area contributed by atoms with Gasteiger partial charge in [0, 0.05) is 23.3 Å². The summed E-state index contributed by atoms with van der Waals surface area (Å²) in [7, 11) is -3.13. The fraction of sp³-hybridized carbons (Fsp3) is 0.552. The molecule has 0 saturated heterocycles. The number of nitrogens with one attached hydrogen (secondary N) is 2. The predicted octanol–water partition coefficient (Wildman–Crippen LogP) is 6.17. The number of nitrogens with zero attached hydrogens (tertiary/aromatic N) is 1. The maximum atomic E-state index is 12.8. The van der Waals surface area contributed by atoms with Gasteiger partial charge in [0.05, 0.1) is 10.6 Å². The van der Waals surface area contributed by atoms with Gasteiger partial charge in [-0.25, -0.2) is 13.1 Å². The van der Waals surface area contributed by atoms with E-state index in [0.29, 0.717) is 10.8 Å². The van der Waals surface area contributed by atoms with E-state index < -0.39 is 9.84 Å². The van der Waals surface area contributed by atoms with Crippen LogP contribution in [-0.2, 0) is 22.7 Å². The second-order valence-corrected chi connectivity index (χ2v) is 13.3. The van der Waals surface area contributed by atoms with Gasteiger partial charge in [-0.1, -0.05) is 67.4 Å². The summed E-state index contributed by atoms with van der Waals surface area (Å²) in [5, 5.41) is 3.48. The van der Waals surface area contributed by atoms with Crippen LogP contribution in [0.4, 0.5) is 0 Å². The smallest absolute Gasteiger partial charge is 0.322 e. The molecule has 2 aliphatic rings. The second-order valence-electron chi connectivity index (χ2n) is 10.3. The predicted molar refractivity (Wildman–Crippen MR) is 169 cm³/mol. The minimum atomic E-state index is -3.13. The number of rotatable bonds is 14. The Morgan fingerprint density at radius 1 is 1.00 bits per heavy atom. The summed E-state index contributed by atoms with van der Waals surface area (Å²) in [5.74, 6) is 0.635. The number of fused-ring (bicyclic) bond motifs is 2. The molecule has 0 spiro atoms. The van der Waals surface area contributed by atoms with E-state index in [1.165, 1.54) is 40.9 Å². The third kappa shape index (κ3) is 8.95. The third-order valence-corrected chi connectivity index (χ3v) is 9.56. The van der Waals surface area contributed by atoms with Crippen molar-refractivity contribution in [1.29, 1.82) is 0 Å². The lowest BCUT2D eigenvalue weighted by Crippen LogP contribution is -2.28. The molecule has 0 amide bonds. The monoisotopic (exact) mass is 615 g/mol. The number of unbranched alkanes of at least 4 members (excludes halogenated alkanes) is 3. The molecule has 2 aliphatic carbocycles. The van der Waals surface area contributed by atoms with Gasteiger partial charge in [-0.3, -0.25) is 4.79 Å². The van der Waals surface area contributed by atoms with Crippen molar-refractivity contribution in [3.63, 3.8) is 0 Å². The molecule has 218 valence electrons. The molecule has 1 aromatic carbocycles. The van der Waals surface area contributed by atoms with E-state index in [1.807, 2.05) is 16.8 Å². The fourth-order valence-corrected chi connectivity index (χ4v) is 7.05. The molecule has 1 atom stereocenters. The minimum absolute atomic E-state index is 0. The molecule has 1 heterocycles. The zero-order valence-electron chi connectivity index (χ0n) is 23.0. The van der Waals surface area contributed by atoms with Crippen molar-refractivity contribution >= 4 is 51.6 Å². The van der Waals surface area contributed by atoms with Crippen LogP contribution in [-0.4, -0.2) is 39.0 Å². The van der Waals surface area contributed by atoms with Gasteiger partial charge >= 0.3 is 4.87 Å². The molecule has 10 heteroatoms. The zero-order valence-corrected chi connectivity index (χ0v) is 26.3. The van der Waals surface area contributed by atoms with Gasteiger partial charge in [0.15, 0.2) is 9.84 Å². The summed E-state index contributed by atoms with van der Waals surface area (Å²) in [6.45, 7) is 4.94. The number of hydrogen-bond donors (Lipinski definition) is 2. The Morgan fingerprint density at radius 2 is 1.72 bits per heavy atom. The lowest BCUT2D eigenvalue weighted by Gasteiger charge is -2.29. The van der Waals surface area contributed by atoms with Crippen molar-refractivity contribution in [2.24, 2.45) is 5.92 Å². The average Bonchev–Trinajstić information content (AvgIpc) is 3.20. The topological polar surface area (TPSA) is 80.2 Å². The molecule has 0 aliphatic heterocycles. The maximum absolute atomic E-state index is 12.8. The highest BCUT2D eigenvalue weighted by Gasteiger charge is 2.29. The minimum Gasteiger partial charge on any atom is -0.322 e. The van der Waals surface area contributed by atoms with Crippen molar-refractivity contribution in [3.8, 4) is 0 Å². The van der Waals surface area contributed by atoms with Crippen molar-refractivity contribution in [2.45, 2.75) is 76.0 Å². The average molecular weight is 617 g/mol. The Labute approximate surface area is 250 Å². The highest BCUT2D eigenvalue weighted by atomic mass is 35.5. The van der Waals surface area contributed by atoms with E-state index in [9.17, 15) is 13.2 Å². The summed E-state index contributed by atoms with van der Waals surface area (Å²) >= 11 is 1.41. The molecule has 2 aromatic rings. The lowest BCUT2D eigenvalue weighted by molar-refractivity contribution is 0.532. The van der Waals surface area contributed by atoms with E-state index in [4.69, 9.17) is 0 Å². The maximum Gasteiger partial charge on any atom is 0.326 e. The molecule has 6 nitrogen and oxygen atoms in total.